The van der Waals surface area contributed by atoms with Crippen LogP contribution >= 0.6 is 0 Å². The van der Waals surface area contributed by atoms with Crippen molar-refractivity contribution in [2.45, 2.75) is 0 Å². The number of dihydropyridines is 1. The largest absolute Gasteiger partial charge is 0.412 e. The van der Waals surface area contributed by atoms with Crippen LogP contribution in [0.3, 0.4) is 0 Å². The highest BCUT2D eigenvalue weighted by Gasteiger charge is 2.27. The first-order valence-corrected chi connectivity index (χ1v) is 5.69. The van der Waals surface area contributed by atoms with Crippen LogP contribution in [0.15, 0.2) is 50.9 Å². The predicted octanol–water partition coefficient (Wildman–Crippen LogP) is 0.100. The summed E-state index contributed by atoms with van der Waals surface area (Å²) in [6.45, 7) is 0.0925. The Morgan fingerprint density at radius 3 is 3.05 bits per heavy atom. The van der Waals surface area contributed by atoms with E-state index in [9.17, 15) is 9.59 Å². The van der Waals surface area contributed by atoms with Gasteiger partial charge in [0.15, 0.2) is 5.84 Å². The normalized spacial score (nSPS) is 19.1. The van der Waals surface area contributed by atoms with E-state index in [1.54, 1.807) is 24.8 Å². The molecule has 100 valence electrons. The zero-order chi connectivity index (χ0) is 14.1. The van der Waals surface area contributed by atoms with Crippen LogP contribution in [0.4, 0.5) is 4.79 Å². The number of ether oxygens (including phenoxy) is 1. The average Bonchev–Trinajstić information content (AvgIpc) is 2.45. The van der Waals surface area contributed by atoms with Gasteiger partial charge in [0.05, 0.1) is 30.2 Å². The van der Waals surface area contributed by atoms with Gasteiger partial charge in [-0.3, -0.25) is 19.9 Å². The first kappa shape index (κ1) is 12.0. The standard InChI is InChI=1S/C12H9N5O3/c13-12(19)20-11(18)7-3-9-10(16-4-7)17-2-1-14-5-8(17)6-15-9/h1-3,5-6H,4H2,(H2,13,19). The molecule has 3 rings (SSSR count). The number of nitrogens with zero attached hydrogens (tertiary/aromatic N) is 4. The smallest absolute Gasteiger partial charge is 0.373 e. The van der Waals surface area contributed by atoms with Crippen molar-refractivity contribution in [1.29, 1.82) is 0 Å². The van der Waals surface area contributed by atoms with Crippen molar-refractivity contribution in [3.8, 4) is 0 Å². The molecule has 0 aromatic heterocycles. The number of rotatable bonds is 1. The Balaban J connectivity index is 1.89. The fourth-order valence-electron chi connectivity index (χ4n) is 1.89. The SMILES string of the molecule is NC(=O)OC(=O)C1=CC2=NC=C3C=NC=CN3C2=NC1. The number of fused-ring (bicyclic) bond motifs is 3. The zero-order valence-corrected chi connectivity index (χ0v) is 10.2. The summed E-state index contributed by atoms with van der Waals surface area (Å²) in [4.78, 5) is 36.4. The molecule has 20 heavy (non-hydrogen) atoms. The van der Waals surface area contributed by atoms with Gasteiger partial charge >= 0.3 is 12.1 Å². The highest BCUT2D eigenvalue weighted by Crippen LogP contribution is 2.19. The van der Waals surface area contributed by atoms with Crippen LogP contribution < -0.4 is 5.73 Å². The molecule has 0 saturated carbocycles. The number of aliphatic imine (C=N–C) groups is 3. The Kier molecular flexibility index (Phi) is 2.75. The van der Waals surface area contributed by atoms with E-state index >= 15 is 0 Å². The molecular formula is C12H9N5O3. The lowest BCUT2D eigenvalue weighted by atomic mass is 10.1. The Labute approximate surface area is 113 Å². The van der Waals surface area contributed by atoms with Crippen LogP contribution in [0.1, 0.15) is 0 Å². The molecular weight excluding hydrogens is 262 g/mol. The third-order valence-electron chi connectivity index (χ3n) is 2.75. The molecule has 0 aromatic rings. The minimum Gasteiger partial charge on any atom is -0.373 e. The van der Waals surface area contributed by atoms with E-state index in [2.05, 4.69) is 19.7 Å². The van der Waals surface area contributed by atoms with Crippen LogP contribution in [0.5, 0.6) is 0 Å². The average molecular weight is 271 g/mol. The maximum Gasteiger partial charge on any atom is 0.412 e. The van der Waals surface area contributed by atoms with Gasteiger partial charge in [-0.2, -0.15) is 0 Å². The van der Waals surface area contributed by atoms with Crippen molar-refractivity contribution < 1.29 is 14.3 Å². The topological polar surface area (TPSA) is 110 Å². The molecule has 0 bridgehead atoms. The molecule has 0 fully saturated rings. The minimum absolute atomic E-state index is 0.0925. The number of amidine groups is 1. The second-order valence-corrected chi connectivity index (χ2v) is 4.03. The summed E-state index contributed by atoms with van der Waals surface area (Å²) < 4.78 is 4.32. The maximum absolute atomic E-state index is 11.6. The summed E-state index contributed by atoms with van der Waals surface area (Å²) in [7, 11) is 0. The van der Waals surface area contributed by atoms with Crippen molar-refractivity contribution in [3.05, 3.63) is 35.9 Å². The van der Waals surface area contributed by atoms with Gasteiger partial charge in [0.1, 0.15) is 5.71 Å². The van der Waals surface area contributed by atoms with Crippen molar-refractivity contribution in [2.24, 2.45) is 20.7 Å². The number of nitrogens with two attached hydrogens (primary N) is 1. The molecule has 0 saturated heterocycles. The molecule has 0 aliphatic carbocycles. The van der Waals surface area contributed by atoms with Crippen LogP contribution in [0.25, 0.3) is 0 Å². The Morgan fingerprint density at radius 2 is 2.25 bits per heavy atom. The fraction of sp³-hybridized carbons (Fsp3) is 0.0833. The van der Waals surface area contributed by atoms with Crippen LogP contribution in [0.2, 0.25) is 0 Å². The number of esters is 1. The van der Waals surface area contributed by atoms with Gasteiger partial charge in [-0.05, 0) is 6.08 Å². The summed E-state index contributed by atoms with van der Waals surface area (Å²) in [5.41, 5.74) is 6.32. The molecule has 3 aliphatic rings. The number of hydrogen-bond donors (Lipinski definition) is 1. The molecule has 3 aliphatic heterocycles. The monoisotopic (exact) mass is 271 g/mol. The maximum atomic E-state index is 11.6. The van der Waals surface area contributed by atoms with Crippen LogP contribution in [-0.4, -0.2) is 41.3 Å². The van der Waals surface area contributed by atoms with E-state index in [1.807, 2.05) is 4.90 Å². The van der Waals surface area contributed by atoms with Gasteiger partial charge in [0, 0.05) is 12.4 Å². The summed E-state index contributed by atoms with van der Waals surface area (Å²) >= 11 is 0. The van der Waals surface area contributed by atoms with Crippen molar-refractivity contribution in [1.82, 2.24) is 4.90 Å². The van der Waals surface area contributed by atoms with Crippen molar-refractivity contribution >= 4 is 29.8 Å². The lowest BCUT2D eigenvalue weighted by molar-refractivity contribution is -0.132. The van der Waals surface area contributed by atoms with Gasteiger partial charge in [0.25, 0.3) is 0 Å². The van der Waals surface area contributed by atoms with E-state index in [1.165, 1.54) is 6.08 Å². The second-order valence-electron chi connectivity index (χ2n) is 4.03. The van der Waals surface area contributed by atoms with Crippen LogP contribution in [-0.2, 0) is 9.53 Å². The first-order valence-electron chi connectivity index (χ1n) is 5.69. The summed E-state index contributed by atoms with van der Waals surface area (Å²) in [5.74, 6) is -0.200. The predicted molar refractivity (Wildman–Crippen MR) is 71.0 cm³/mol. The summed E-state index contributed by atoms with van der Waals surface area (Å²) in [6, 6.07) is 0. The molecule has 0 radical (unpaired) electrons. The molecule has 0 aromatic carbocycles. The Morgan fingerprint density at radius 1 is 1.40 bits per heavy atom. The fourth-order valence-corrected chi connectivity index (χ4v) is 1.89. The highest BCUT2D eigenvalue weighted by atomic mass is 16.6. The lowest BCUT2D eigenvalue weighted by Crippen LogP contribution is -2.38. The number of hydrogen-bond acceptors (Lipinski definition) is 7. The molecule has 3 heterocycles. The van der Waals surface area contributed by atoms with E-state index in [0.29, 0.717) is 11.5 Å². The van der Waals surface area contributed by atoms with Crippen molar-refractivity contribution in [2.75, 3.05) is 6.54 Å². The minimum atomic E-state index is -1.14. The van der Waals surface area contributed by atoms with E-state index in [4.69, 9.17) is 5.73 Å². The number of carbonyl (C=O) groups is 2. The molecule has 1 amide bonds. The number of primary amides is 1. The van der Waals surface area contributed by atoms with E-state index < -0.39 is 12.1 Å². The zero-order valence-electron chi connectivity index (χ0n) is 10.2. The second kappa shape index (κ2) is 4.57. The van der Waals surface area contributed by atoms with Gasteiger partial charge in [-0.1, -0.05) is 0 Å². The van der Waals surface area contributed by atoms with Gasteiger partial charge in [0.2, 0.25) is 0 Å². The molecule has 0 atom stereocenters. The molecule has 0 spiro atoms. The van der Waals surface area contributed by atoms with Gasteiger partial charge < -0.3 is 10.5 Å². The third-order valence-corrected chi connectivity index (χ3v) is 2.75. The number of allylic oxidation sites excluding steroid dienone is 1. The van der Waals surface area contributed by atoms with Gasteiger partial charge in [-0.25, -0.2) is 9.59 Å². The first-order chi connectivity index (χ1) is 9.65. The summed E-state index contributed by atoms with van der Waals surface area (Å²) in [6.07, 6.45) is 7.03. The molecule has 0 unspecified atom stereocenters. The van der Waals surface area contributed by atoms with E-state index in [0.717, 1.165) is 5.70 Å². The number of carbonyl (C=O) groups excluding carboxylic acids is 2. The van der Waals surface area contributed by atoms with Gasteiger partial charge in [-0.15, -0.1) is 0 Å². The lowest BCUT2D eigenvalue weighted by Gasteiger charge is -2.28. The van der Waals surface area contributed by atoms with E-state index in [-0.39, 0.29) is 12.1 Å². The molecule has 8 nitrogen and oxygen atoms in total. The quantitative estimate of drug-likeness (QED) is 0.538. The molecule has 8 heteroatoms. The highest BCUT2D eigenvalue weighted by molar-refractivity contribution is 6.48. The van der Waals surface area contributed by atoms with Crippen molar-refractivity contribution in [3.63, 3.8) is 0 Å². The molecule has 2 N–H and O–H groups in total. The Hall–Kier alpha value is -3.03. The third kappa shape index (κ3) is 2.03. The Bertz CT molecular complexity index is 681. The number of amides is 1. The summed E-state index contributed by atoms with van der Waals surface area (Å²) in [5, 5.41) is 0. The van der Waals surface area contributed by atoms with Crippen LogP contribution in [0, 0.1) is 0 Å².